The van der Waals surface area contributed by atoms with Crippen LogP contribution in [0.1, 0.15) is 13.8 Å². The van der Waals surface area contributed by atoms with Crippen LogP contribution >= 0.6 is 0 Å². The predicted octanol–water partition coefficient (Wildman–Crippen LogP) is 0.336. The molecule has 0 spiro atoms. The number of sulfone groups is 1. The van der Waals surface area contributed by atoms with E-state index in [9.17, 15) is 17.2 Å². The maximum absolute atomic E-state index is 12.1. The van der Waals surface area contributed by atoms with Crippen molar-refractivity contribution in [2.75, 3.05) is 32.4 Å². The van der Waals surface area contributed by atoms with Gasteiger partial charge < -0.3 is 10.2 Å². The van der Waals surface area contributed by atoms with Crippen LogP contribution in [0.25, 0.3) is 0 Å². The van der Waals surface area contributed by atoms with Crippen LogP contribution in [0.4, 0.5) is 8.78 Å². The van der Waals surface area contributed by atoms with Crippen molar-refractivity contribution in [2.24, 2.45) is 4.99 Å². The van der Waals surface area contributed by atoms with E-state index in [1.165, 1.54) is 7.05 Å². The Morgan fingerprint density at radius 3 is 2.56 bits per heavy atom. The minimum absolute atomic E-state index is 0.00930. The number of alkyl halides is 2. The molecule has 0 atom stereocenters. The third kappa shape index (κ3) is 3.30. The molecule has 0 aromatic carbocycles. The van der Waals surface area contributed by atoms with E-state index in [-0.39, 0.29) is 18.8 Å². The Balaban J connectivity index is 2.74. The Morgan fingerprint density at radius 1 is 1.50 bits per heavy atom. The first-order chi connectivity index (χ1) is 8.19. The second-order valence-corrected chi connectivity index (χ2v) is 7.56. The molecule has 0 unspecified atom stereocenters. The third-order valence-corrected chi connectivity index (χ3v) is 5.50. The van der Waals surface area contributed by atoms with Gasteiger partial charge in [-0.1, -0.05) is 0 Å². The number of halogens is 2. The second kappa shape index (κ2) is 5.38. The van der Waals surface area contributed by atoms with Crippen molar-refractivity contribution in [1.29, 1.82) is 0 Å². The molecule has 1 aliphatic heterocycles. The fourth-order valence-electron chi connectivity index (χ4n) is 1.83. The quantitative estimate of drug-likeness (QED) is 0.586. The monoisotopic (exact) mass is 283 g/mol. The highest BCUT2D eigenvalue weighted by molar-refractivity contribution is 7.92. The highest BCUT2D eigenvalue weighted by Crippen LogP contribution is 2.23. The Morgan fingerprint density at radius 2 is 2.11 bits per heavy atom. The van der Waals surface area contributed by atoms with E-state index < -0.39 is 27.6 Å². The maximum atomic E-state index is 12.1. The average molecular weight is 283 g/mol. The van der Waals surface area contributed by atoms with Gasteiger partial charge in [0.05, 0.1) is 17.0 Å². The SMILES string of the molecule is CN=C(NCC(F)F)N1CCS(=O)(=O)C(C)(C)C1. The molecule has 0 aromatic heterocycles. The first-order valence-corrected chi connectivity index (χ1v) is 7.31. The van der Waals surface area contributed by atoms with Gasteiger partial charge in [-0.15, -0.1) is 0 Å². The molecule has 1 saturated heterocycles. The summed E-state index contributed by atoms with van der Waals surface area (Å²) in [7, 11) is -1.65. The highest BCUT2D eigenvalue weighted by atomic mass is 32.2. The molecule has 0 radical (unpaired) electrons. The summed E-state index contributed by atoms with van der Waals surface area (Å²) in [5.41, 5.74) is 0. The molecule has 0 bridgehead atoms. The first kappa shape index (κ1) is 15.1. The number of nitrogens with zero attached hydrogens (tertiary/aromatic N) is 2. The molecule has 8 heteroatoms. The molecular formula is C10H19F2N3O2S. The number of hydrogen-bond donors (Lipinski definition) is 1. The lowest BCUT2D eigenvalue weighted by Crippen LogP contribution is -2.57. The summed E-state index contributed by atoms with van der Waals surface area (Å²) >= 11 is 0. The van der Waals surface area contributed by atoms with Crippen molar-refractivity contribution in [2.45, 2.75) is 25.0 Å². The van der Waals surface area contributed by atoms with Crippen LogP contribution in [0.15, 0.2) is 4.99 Å². The summed E-state index contributed by atoms with van der Waals surface area (Å²) < 4.78 is 47.0. The van der Waals surface area contributed by atoms with Gasteiger partial charge in [0.25, 0.3) is 6.43 Å². The van der Waals surface area contributed by atoms with Crippen LogP contribution < -0.4 is 5.32 Å². The maximum Gasteiger partial charge on any atom is 0.255 e. The van der Waals surface area contributed by atoms with Gasteiger partial charge >= 0.3 is 0 Å². The third-order valence-electron chi connectivity index (χ3n) is 2.97. The number of rotatable bonds is 2. The van der Waals surface area contributed by atoms with Gasteiger partial charge in [-0.05, 0) is 13.8 Å². The summed E-state index contributed by atoms with van der Waals surface area (Å²) in [6.45, 7) is 3.30. The van der Waals surface area contributed by atoms with Gasteiger partial charge in [0.2, 0.25) is 0 Å². The largest absolute Gasteiger partial charge is 0.351 e. The zero-order chi connectivity index (χ0) is 14.0. The molecule has 106 valence electrons. The molecule has 1 heterocycles. The Bertz CT molecular complexity index is 421. The van der Waals surface area contributed by atoms with E-state index in [2.05, 4.69) is 10.3 Å². The van der Waals surface area contributed by atoms with Gasteiger partial charge in [-0.2, -0.15) is 0 Å². The summed E-state index contributed by atoms with van der Waals surface area (Å²) in [5.74, 6) is 0.327. The van der Waals surface area contributed by atoms with Crippen molar-refractivity contribution in [1.82, 2.24) is 10.2 Å². The highest BCUT2D eigenvalue weighted by Gasteiger charge is 2.40. The average Bonchev–Trinajstić information content (AvgIpc) is 2.23. The van der Waals surface area contributed by atoms with Crippen LogP contribution in [0.5, 0.6) is 0 Å². The standard InChI is InChI=1S/C10H19F2N3O2S/c1-10(2)7-15(4-5-18(10,16)17)9(13-3)14-6-8(11)12/h8H,4-7H2,1-3H3,(H,13,14). The molecule has 1 aliphatic rings. The molecule has 18 heavy (non-hydrogen) atoms. The fourth-order valence-corrected chi connectivity index (χ4v) is 3.19. The lowest BCUT2D eigenvalue weighted by atomic mass is 10.2. The second-order valence-electron chi connectivity index (χ2n) is 4.82. The molecule has 0 saturated carbocycles. The summed E-state index contributed by atoms with van der Waals surface area (Å²) in [4.78, 5) is 5.60. The molecular weight excluding hydrogens is 264 g/mol. The Labute approximate surface area is 106 Å². The number of nitrogens with one attached hydrogen (secondary N) is 1. The van der Waals surface area contributed by atoms with Gasteiger partial charge in [0.1, 0.15) is 0 Å². The van der Waals surface area contributed by atoms with E-state index in [4.69, 9.17) is 0 Å². The van der Waals surface area contributed by atoms with Crippen molar-refractivity contribution < 1.29 is 17.2 Å². The molecule has 1 fully saturated rings. The normalized spacial score (nSPS) is 23.2. The predicted molar refractivity (Wildman–Crippen MR) is 66.8 cm³/mol. The smallest absolute Gasteiger partial charge is 0.255 e. The van der Waals surface area contributed by atoms with E-state index in [1.807, 2.05) is 0 Å². The Hall–Kier alpha value is -0.920. The molecule has 0 amide bonds. The van der Waals surface area contributed by atoms with Gasteiger partial charge in [-0.3, -0.25) is 4.99 Å². The Kier molecular flexibility index (Phi) is 4.52. The van der Waals surface area contributed by atoms with E-state index >= 15 is 0 Å². The minimum Gasteiger partial charge on any atom is -0.351 e. The molecule has 5 nitrogen and oxygen atoms in total. The van der Waals surface area contributed by atoms with Gasteiger partial charge in [-0.25, -0.2) is 17.2 Å². The fraction of sp³-hybridized carbons (Fsp3) is 0.900. The lowest BCUT2D eigenvalue weighted by molar-refractivity contribution is 0.150. The number of guanidine groups is 1. The van der Waals surface area contributed by atoms with E-state index in [1.54, 1.807) is 18.7 Å². The van der Waals surface area contributed by atoms with E-state index in [0.29, 0.717) is 5.96 Å². The summed E-state index contributed by atoms with van der Waals surface area (Å²) in [6, 6.07) is 0. The molecule has 0 aliphatic carbocycles. The van der Waals surface area contributed by atoms with Crippen LogP contribution in [-0.2, 0) is 9.84 Å². The van der Waals surface area contributed by atoms with Gasteiger partial charge in [0, 0.05) is 20.1 Å². The van der Waals surface area contributed by atoms with Crippen molar-refractivity contribution >= 4 is 15.8 Å². The first-order valence-electron chi connectivity index (χ1n) is 5.65. The van der Waals surface area contributed by atoms with Gasteiger partial charge in [0.15, 0.2) is 15.8 Å². The van der Waals surface area contributed by atoms with Crippen LogP contribution in [0.3, 0.4) is 0 Å². The van der Waals surface area contributed by atoms with Crippen molar-refractivity contribution in [3.05, 3.63) is 0 Å². The summed E-state index contributed by atoms with van der Waals surface area (Å²) in [5, 5.41) is 2.53. The van der Waals surface area contributed by atoms with Crippen LogP contribution in [0, 0.1) is 0 Å². The van der Waals surface area contributed by atoms with E-state index in [0.717, 1.165) is 0 Å². The summed E-state index contributed by atoms with van der Waals surface area (Å²) in [6.07, 6.45) is -2.47. The van der Waals surface area contributed by atoms with Crippen molar-refractivity contribution in [3.63, 3.8) is 0 Å². The van der Waals surface area contributed by atoms with Crippen molar-refractivity contribution in [3.8, 4) is 0 Å². The molecule has 1 N–H and O–H groups in total. The zero-order valence-corrected chi connectivity index (χ0v) is 11.6. The molecule has 1 rings (SSSR count). The lowest BCUT2D eigenvalue weighted by Gasteiger charge is -2.39. The topological polar surface area (TPSA) is 61.8 Å². The number of hydrogen-bond acceptors (Lipinski definition) is 3. The van der Waals surface area contributed by atoms with Crippen LogP contribution in [0.2, 0.25) is 0 Å². The van der Waals surface area contributed by atoms with Crippen LogP contribution in [-0.4, -0.2) is 62.9 Å². The minimum atomic E-state index is -3.14. The number of aliphatic imine (C=N–C) groups is 1. The molecule has 0 aromatic rings. The zero-order valence-electron chi connectivity index (χ0n) is 10.8.